The van der Waals surface area contributed by atoms with Crippen molar-refractivity contribution in [1.29, 1.82) is 0 Å². The fraction of sp³-hybridized carbons (Fsp3) is 0.565. The zero-order chi connectivity index (χ0) is 21.6. The van der Waals surface area contributed by atoms with Crippen LogP contribution in [0.3, 0.4) is 0 Å². The monoisotopic (exact) mass is 460 g/mol. The number of hydrogen-bond acceptors (Lipinski definition) is 6. The first-order valence-corrected chi connectivity index (χ1v) is 12.0. The van der Waals surface area contributed by atoms with E-state index in [0.717, 1.165) is 57.0 Å². The van der Waals surface area contributed by atoms with Crippen LogP contribution in [0.5, 0.6) is 0 Å². The molecule has 2 saturated heterocycles. The van der Waals surface area contributed by atoms with E-state index in [9.17, 15) is 0 Å². The van der Waals surface area contributed by atoms with Crippen LogP contribution < -0.4 is 5.32 Å². The lowest BCUT2D eigenvalue weighted by atomic mass is 9.84. The van der Waals surface area contributed by atoms with E-state index in [1.54, 1.807) is 0 Å². The van der Waals surface area contributed by atoms with E-state index >= 15 is 0 Å². The van der Waals surface area contributed by atoms with Gasteiger partial charge < -0.3 is 15.1 Å². The molecule has 1 aromatic rings. The molecule has 166 valence electrons. The summed E-state index contributed by atoms with van der Waals surface area (Å²) in [6, 6.07) is 4.05. The summed E-state index contributed by atoms with van der Waals surface area (Å²) >= 11 is 13.7. The predicted octanol–water partition coefficient (Wildman–Crippen LogP) is 3.61. The van der Waals surface area contributed by atoms with Gasteiger partial charge in [0.2, 0.25) is 0 Å². The Balaban J connectivity index is 1.38. The number of allylic oxidation sites excluding steroid dienone is 2. The molecule has 2 fully saturated rings. The maximum atomic E-state index is 7.21. The summed E-state index contributed by atoms with van der Waals surface area (Å²) in [5.74, 6) is 2.12. The number of nitrogens with zero attached hydrogens (tertiary/aromatic N) is 5. The molecule has 1 unspecified atom stereocenters. The first-order valence-electron chi connectivity index (χ1n) is 11.2. The molecule has 0 spiro atoms. The van der Waals surface area contributed by atoms with E-state index in [2.05, 4.69) is 57.2 Å². The number of halogens is 2. The number of likely N-dealkylation sites (N-methyl/N-ethyl adjacent to an activating group) is 1. The summed E-state index contributed by atoms with van der Waals surface area (Å²) in [4.78, 5) is 16.8. The number of fused-ring (bicyclic) bond motifs is 1. The first-order chi connectivity index (χ1) is 15.0. The third-order valence-electron chi connectivity index (χ3n) is 7.09. The molecular formula is C23H30Cl2N6. The van der Waals surface area contributed by atoms with Crippen LogP contribution in [0, 0.1) is 0 Å². The molecule has 0 radical (unpaired) electrons. The maximum absolute atomic E-state index is 7.21. The van der Waals surface area contributed by atoms with Crippen LogP contribution in [0.1, 0.15) is 37.9 Å². The highest BCUT2D eigenvalue weighted by atomic mass is 35.5. The second kappa shape index (κ2) is 8.39. The molecule has 0 aliphatic carbocycles. The van der Waals surface area contributed by atoms with Gasteiger partial charge in [-0.05, 0) is 57.5 Å². The average Bonchev–Trinajstić information content (AvgIpc) is 3.06. The Bertz CT molecular complexity index is 922. The molecule has 1 N–H and O–H groups in total. The minimum atomic E-state index is -0.447. The number of aromatic nitrogens is 1. The van der Waals surface area contributed by atoms with Gasteiger partial charge in [-0.25, -0.2) is 0 Å². The molecule has 0 aromatic carbocycles. The van der Waals surface area contributed by atoms with Gasteiger partial charge >= 0.3 is 0 Å². The van der Waals surface area contributed by atoms with Crippen molar-refractivity contribution in [3.63, 3.8) is 0 Å². The highest BCUT2D eigenvalue weighted by Crippen LogP contribution is 2.42. The van der Waals surface area contributed by atoms with E-state index in [1.165, 1.54) is 5.82 Å². The lowest BCUT2D eigenvalue weighted by Crippen LogP contribution is -2.58. The SMILES string of the molecule is CN1CCN(C2=CC=CC3=N[C@@](C)([C@H]4CCC[C@@H](c5ncccc5Cl)N4)C(Cl)N23)CC1. The van der Waals surface area contributed by atoms with E-state index in [1.807, 2.05) is 18.3 Å². The Morgan fingerprint density at radius 1 is 1.19 bits per heavy atom. The zero-order valence-electron chi connectivity index (χ0n) is 18.1. The fourth-order valence-electron chi connectivity index (χ4n) is 5.19. The van der Waals surface area contributed by atoms with Crippen LogP contribution in [0.25, 0.3) is 0 Å². The van der Waals surface area contributed by atoms with Crippen molar-refractivity contribution in [3.05, 3.63) is 53.1 Å². The Hall–Kier alpha value is -1.60. The van der Waals surface area contributed by atoms with E-state index in [0.29, 0.717) is 5.02 Å². The zero-order valence-corrected chi connectivity index (χ0v) is 19.6. The van der Waals surface area contributed by atoms with Gasteiger partial charge in [-0.3, -0.25) is 14.9 Å². The van der Waals surface area contributed by atoms with Crippen molar-refractivity contribution in [2.24, 2.45) is 4.99 Å². The molecule has 0 amide bonds. The van der Waals surface area contributed by atoms with Gasteiger partial charge in [0, 0.05) is 38.4 Å². The summed E-state index contributed by atoms with van der Waals surface area (Å²) in [6.45, 7) is 6.31. The Morgan fingerprint density at radius 3 is 2.77 bits per heavy atom. The molecule has 4 aliphatic heterocycles. The molecule has 6 nitrogen and oxygen atoms in total. The molecule has 1 aromatic heterocycles. The molecule has 31 heavy (non-hydrogen) atoms. The van der Waals surface area contributed by atoms with Gasteiger partial charge in [-0.15, -0.1) is 0 Å². The summed E-state index contributed by atoms with van der Waals surface area (Å²) in [5.41, 5.74) is 0.218. The lowest BCUT2D eigenvalue weighted by molar-refractivity contribution is 0.143. The molecule has 4 aliphatic rings. The number of nitrogens with one attached hydrogen (secondary N) is 1. The van der Waals surface area contributed by atoms with Gasteiger partial charge in [-0.2, -0.15) is 0 Å². The topological polar surface area (TPSA) is 47.0 Å². The van der Waals surface area contributed by atoms with Crippen LogP contribution in [0.2, 0.25) is 5.02 Å². The van der Waals surface area contributed by atoms with E-state index < -0.39 is 5.54 Å². The second-order valence-corrected chi connectivity index (χ2v) is 9.97. The number of alkyl halides is 1. The van der Waals surface area contributed by atoms with Crippen molar-refractivity contribution in [1.82, 2.24) is 25.0 Å². The molecule has 8 heteroatoms. The van der Waals surface area contributed by atoms with Crippen molar-refractivity contribution >= 4 is 29.0 Å². The van der Waals surface area contributed by atoms with Gasteiger partial charge in [0.05, 0.1) is 16.8 Å². The van der Waals surface area contributed by atoms with Crippen LogP contribution in [0.4, 0.5) is 0 Å². The van der Waals surface area contributed by atoms with E-state index in [4.69, 9.17) is 28.2 Å². The van der Waals surface area contributed by atoms with Gasteiger partial charge in [0.15, 0.2) is 0 Å². The molecule has 0 saturated carbocycles. The number of hydrogen-bond donors (Lipinski definition) is 1. The Labute approximate surface area is 194 Å². The minimum Gasteiger partial charge on any atom is -0.355 e. The number of piperazine rings is 1. The van der Waals surface area contributed by atoms with Crippen molar-refractivity contribution < 1.29 is 0 Å². The third kappa shape index (κ3) is 3.78. The largest absolute Gasteiger partial charge is 0.355 e. The summed E-state index contributed by atoms with van der Waals surface area (Å²) in [6.07, 6.45) is 11.3. The van der Waals surface area contributed by atoms with Gasteiger partial charge in [-0.1, -0.05) is 29.3 Å². The van der Waals surface area contributed by atoms with Crippen molar-refractivity contribution in [2.75, 3.05) is 33.2 Å². The normalized spacial score (nSPS) is 33.9. The van der Waals surface area contributed by atoms with Crippen LogP contribution >= 0.6 is 23.2 Å². The predicted molar refractivity (Wildman–Crippen MR) is 126 cm³/mol. The smallest absolute Gasteiger partial charge is 0.138 e. The number of amidine groups is 1. The van der Waals surface area contributed by atoms with Crippen molar-refractivity contribution in [3.8, 4) is 0 Å². The van der Waals surface area contributed by atoms with Crippen LogP contribution in [0.15, 0.2) is 47.4 Å². The average molecular weight is 461 g/mol. The van der Waals surface area contributed by atoms with Crippen LogP contribution in [-0.4, -0.2) is 75.8 Å². The summed E-state index contributed by atoms with van der Waals surface area (Å²) < 4.78 is 0. The highest BCUT2D eigenvalue weighted by molar-refractivity contribution is 6.31. The number of pyridine rings is 1. The Kier molecular flexibility index (Phi) is 5.76. The minimum absolute atomic E-state index is 0.120. The lowest BCUT2D eigenvalue weighted by Gasteiger charge is -2.44. The summed E-state index contributed by atoms with van der Waals surface area (Å²) in [5, 5.41) is 4.52. The number of rotatable bonds is 3. The molecule has 0 bridgehead atoms. The summed E-state index contributed by atoms with van der Waals surface area (Å²) in [7, 11) is 2.18. The van der Waals surface area contributed by atoms with Crippen molar-refractivity contribution in [2.45, 2.75) is 49.3 Å². The van der Waals surface area contributed by atoms with E-state index in [-0.39, 0.29) is 17.6 Å². The Morgan fingerprint density at radius 2 is 2.00 bits per heavy atom. The number of aliphatic imine (C=N–C) groups is 1. The molecular weight excluding hydrogens is 431 g/mol. The molecule has 5 rings (SSSR count). The first kappa shape index (κ1) is 21.3. The van der Waals surface area contributed by atoms with Gasteiger partial charge in [0.1, 0.15) is 22.7 Å². The molecule has 4 atom stereocenters. The number of piperidine rings is 1. The third-order valence-corrected chi connectivity index (χ3v) is 8.04. The van der Waals surface area contributed by atoms with Gasteiger partial charge in [0.25, 0.3) is 0 Å². The second-order valence-electron chi connectivity index (χ2n) is 9.15. The maximum Gasteiger partial charge on any atom is 0.138 e. The standard InChI is InChI=1S/C23H30Cl2N6/c1-23(18-8-3-7-17(27-18)21-16(24)6-5-11-26-21)22(25)31-19(28-23)9-4-10-20(31)30-14-12-29(2)13-15-30/h4-6,9-11,17-18,22,27H,3,7-8,12-15H2,1-2H3/t17-,18+,22?,23-/m0/s1. The highest BCUT2D eigenvalue weighted by Gasteiger charge is 2.52. The van der Waals surface area contributed by atoms with Crippen LogP contribution in [-0.2, 0) is 0 Å². The fourth-order valence-corrected chi connectivity index (χ4v) is 5.84. The molecule has 5 heterocycles. The quantitative estimate of drug-likeness (QED) is 0.551.